The van der Waals surface area contributed by atoms with Crippen molar-refractivity contribution in [3.05, 3.63) is 65.2 Å². The number of hydrogen-bond acceptors (Lipinski definition) is 4. The molecular formula is C25H33NO5. The molecule has 0 aliphatic rings. The van der Waals surface area contributed by atoms with Crippen LogP contribution in [0.5, 0.6) is 5.75 Å². The highest BCUT2D eigenvalue weighted by molar-refractivity contribution is 5.81. The Labute approximate surface area is 184 Å². The molecule has 168 valence electrons. The zero-order chi connectivity index (χ0) is 22.6. The van der Waals surface area contributed by atoms with Crippen molar-refractivity contribution >= 4 is 11.9 Å². The van der Waals surface area contributed by atoms with E-state index in [1.807, 2.05) is 6.92 Å². The van der Waals surface area contributed by atoms with Crippen molar-refractivity contribution in [2.75, 3.05) is 13.2 Å². The van der Waals surface area contributed by atoms with Gasteiger partial charge in [-0.15, -0.1) is 0 Å². The molecule has 0 fully saturated rings. The molecule has 2 aromatic rings. The van der Waals surface area contributed by atoms with E-state index >= 15 is 0 Å². The van der Waals surface area contributed by atoms with Gasteiger partial charge in [-0.2, -0.15) is 0 Å². The van der Waals surface area contributed by atoms with E-state index in [9.17, 15) is 14.7 Å². The van der Waals surface area contributed by atoms with Gasteiger partial charge >= 0.3 is 5.97 Å². The first-order chi connectivity index (χ1) is 15.0. The van der Waals surface area contributed by atoms with E-state index < -0.39 is 18.2 Å². The van der Waals surface area contributed by atoms with Crippen LogP contribution in [-0.4, -0.2) is 42.3 Å². The number of carboxylic acids is 1. The maximum absolute atomic E-state index is 12.5. The van der Waals surface area contributed by atoms with Gasteiger partial charge in [-0.3, -0.25) is 4.79 Å². The Hall–Kier alpha value is -2.86. The number of benzene rings is 2. The van der Waals surface area contributed by atoms with Crippen LogP contribution in [-0.2, 0) is 33.6 Å². The molecule has 2 rings (SSSR count). The summed E-state index contributed by atoms with van der Waals surface area (Å²) in [5.41, 5.74) is 3.32. The fourth-order valence-corrected chi connectivity index (χ4v) is 3.21. The van der Waals surface area contributed by atoms with Gasteiger partial charge in [0.2, 0.25) is 0 Å². The first kappa shape index (κ1) is 24.4. The molecular weight excluding hydrogens is 394 g/mol. The lowest BCUT2D eigenvalue weighted by molar-refractivity contribution is -0.150. The number of carbonyl (C=O) groups excluding carboxylic acids is 1. The number of aryl methyl sites for hydroxylation is 1. The van der Waals surface area contributed by atoms with Crippen LogP contribution in [0.15, 0.2) is 48.5 Å². The summed E-state index contributed by atoms with van der Waals surface area (Å²) >= 11 is 0. The van der Waals surface area contributed by atoms with Crippen LogP contribution in [0, 0.1) is 0 Å². The van der Waals surface area contributed by atoms with Crippen molar-refractivity contribution < 1.29 is 24.2 Å². The normalized spacial score (nSPS) is 12.7. The quantitative estimate of drug-likeness (QED) is 0.508. The Morgan fingerprint density at radius 1 is 0.903 bits per heavy atom. The minimum Gasteiger partial charge on any atom is -0.481 e. The van der Waals surface area contributed by atoms with Crippen LogP contribution in [0.25, 0.3) is 0 Å². The highest BCUT2D eigenvalue weighted by Crippen LogP contribution is 2.17. The molecule has 2 atom stereocenters. The minimum atomic E-state index is -0.980. The molecule has 1 amide bonds. The number of nitrogens with one attached hydrogen (secondary N) is 1. The predicted molar refractivity (Wildman–Crippen MR) is 120 cm³/mol. The molecule has 31 heavy (non-hydrogen) atoms. The molecule has 0 saturated carbocycles. The van der Waals surface area contributed by atoms with Gasteiger partial charge in [-0.1, -0.05) is 50.2 Å². The van der Waals surface area contributed by atoms with Crippen molar-refractivity contribution in [2.24, 2.45) is 0 Å². The Morgan fingerprint density at radius 2 is 1.52 bits per heavy atom. The first-order valence-corrected chi connectivity index (χ1v) is 10.9. The number of rotatable bonds is 13. The van der Waals surface area contributed by atoms with Crippen LogP contribution in [0.3, 0.4) is 0 Å². The topological polar surface area (TPSA) is 84.9 Å². The van der Waals surface area contributed by atoms with Crippen molar-refractivity contribution in [3.63, 3.8) is 0 Å². The van der Waals surface area contributed by atoms with Gasteiger partial charge in [0.05, 0.1) is 0 Å². The van der Waals surface area contributed by atoms with E-state index in [2.05, 4.69) is 36.5 Å². The average molecular weight is 428 g/mol. The van der Waals surface area contributed by atoms with Crippen LogP contribution in [0.1, 0.15) is 43.9 Å². The Balaban J connectivity index is 1.84. The number of carbonyl (C=O) groups is 2. The molecule has 0 aromatic heterocycles. The summed E-state index contributed by atoms with van der Waals surface area (Å²) < 4.78 is 11.1. The van der Waals surface area contributed by atoms with Crippen molar-refractivity contribution in [1.29, 1.82) is 0 Å². The van der Waals surface area contributed by atoms with Gasteiger partial charge in [-0.25, -0.2) is 4.79 Å². The van der Waals surface area contributed by atoms with Crippen LogP contribution >= 0.6 is 0 Å². The van der Waals surface area contributed by atoms with E-state index in [-0.39, 0.29) is 12.3 Å². The maximum Gasteiger partial charge on any atom is 0.333 e. The average Bonchev–Trinajstić information content (AvgIpc) is 2.78. The highest BCUT2D eigenvalue weighted by Gasteiger charge is 2.19. The standard InChI is InChI=1S/C25H33NO5/c1-4-18-7-9-19(10-8-18)15-16-26-24(27)22(5-2)31-21-13-11-20(12-14-21)17-23(25(28)29)30-6-3/h7-14,22-23H,4-6,15-17H2,1-3H3,(H,26,27)(H,28,29). The molecule has 0 heterocycles. The largest absolute Gasteiger partial charge is 0.481 e. The van der Waals surface area contributed by atoms with Gasteiger partial charge in [0, 0.05) is 19.6 Å². The summed E-state index contributed by atoms with van der Waals surface area (Å²) in [6.07, 6.45) is 1.16. The molecule has 0 spiro atoms. The molecule has 6 heteroatoms. The second kappa shape index (κ2) is 12.7. The lowest BCUT2D eigenvalue weighted by Crippen LogP contribution is -2.38. The zero-order valence-corrected chi connectivity index (χ0v) is 18.6. The fraction of sp³-hybridized carbons (Fsp3) is 0.440. The van der Waals surface area contributed by atoms with Gasteiger partial charge in [0.25, 0.3) is 5.91 Å². The third-order valence-corrected chi connectivity index (χ3v) is 5.07. The second-order valence-corrected chi connectivity index (χ2v) is 7.36. The molecule has 0 radical (unpaired) electrons. The van der Waals surface area contributed by atoms with Crippen LogP contribution in [0.2, 0.25) is 0 Å². The van der Waals surface area contributed by atoms with Crippen molar-refractivity contribution in [1.82, 2.24) is 5.32 Å². The lowest BCUT2D eigenvalue weighted by atomic mass is 10.1. The summed E-state index contributed by atoms with van der Waals surface area (Å²) in [6, 6.07) is 15.5. The molecule has 0 saturated heterocycles. The summed E-state index contributed by atoms with van der Waals surface area (Å²) in [5, 5.41) is 12.2. The first-order valence-electron chi connectivity index (χ1n) is 10.9. The zero-order valence-electron chi connectivity index (χ0n) is 18.6. The molecule has 6 nitrogen and oxygen atoms in total. The molecule has 2 unspecified atom stereocenters. The summed E-state index contributed by atoms with van der Waals surface area (Å²) in [7, 11) is 0. The second-order valence-electron chi connectivity index (χ2n) is 7.36. The van der Waals surface area contributed by atoms with Gasteiger partial charge in [0.15, 0.2) is 12.2 Å². The lowest BCUT2D eigenvalue weighted by Gasteiger charge is -2.18. The molecule has 2 N–H and O–H groups in total. The van der Waals surface area contributed by atoms with E-state index in [1.54, 1.807) is 31.2 Å². The molecule has 2 aromatic carbocycles. The van der Waals surface area contributed by atoms with Crippen LogP contribution < -0.4 is 10.1 Å². The van der Waals surface area contributed by atoms with Gasteiger partial charge in [-0.05, 0) is 55.0 Å². The third-order valence-electron chi connectivity index (χ3n) is 5.07. The van der Waals surface area contributed by atoms with E-state index in [0.29, 0.717) is 25.3 Å². The number of amides is 1. The third kappa shape index (κ3) is 8.06. The fourth-order valence-electron chi connectivity index (χ4n) is 3.21. The summed E-state index contributed by atoms with van der Waals surface area (Å²) in [6.45, 7) is 6.69. The minimum absolute atomic E-state index is 0.140. The highest BCUT2D eigenvalue weighted by atomic mass is 16.5. The molecule has 0 aliphatic carbocycles. The Kier molecular flexibility index (Phi) is 10.0. The summed E-state index contributed by atoms with van der Waals surface area (Å²) in [4.78, 5) is 23.7. The number of aliphatic carboxylic acids is 1. The molecule has 0 aliphatic heterocycles. The van der Waals surface area contributed by atoms with Crippen molar-refractivity contribution in [3.8, 4) is 5.75 Å². The van der Waals surface area contributed by atoms with E-state index in [4.69, 9.17) is 9.47 Å². The van der Waals surface area contributed by atoms with E-state index in [0.717, 1.165) is 18.4 Å². The number of carboxylic acid groups (broad SMARTS) is 1. The number of ether oxygens (including phenoxy) is 2. The predicted octanol–water partition coefficient (Wildman–Crippen LogP) is 3.80. The van der Waals surface area contributed by atoms with E-state index in [1.165, 1.54) is 11.1 Å². The SMILES string of the molecule is CCOC(Cc1ccc(OC(CC)C(=O)NCCc2ccc(CC)cc2)cc1)C(=O)O. The maximum atomic E-state index is 12.5. The van der Waals surface area contributed by atoms with Gasteiger partial charge < -0.3 is 19.9 Å². The summed E-state index contributed by atoms with van der Waals surface area (Å²) in [5.74, 6) is -0.547. The van der Waals surface area contributed by atoms with Gasteiger partial charge in [0.1, 0.15) is 5.75 Å². The number of hydrogen-bond donors (Lipinski definition) is 2. The Morgan fingerprint density at radius 3 is 2.06 bits per heavy atom. The Bertz CT molecular complexity index is 817. The van der Waals surface area contributed by atoms with Crippen molar-refractivity contribution in [2.45, 2.75) is 58.7 Å². The molecule has 0 bridgehead atoms. The van der Waals surface area contributed by atoms with Crippen LogP contribution in [0.4, 0.5) is 0 Å². The monoisotopic (exact) mass is 427 g/mol. The smallest absolute Gasteiger partial charge is 0.333 e.